The van der Waals surface area contributed by atoms with Gasteiger partial charge in [-0.2, -0.15) is 0 Å². The van der Waals surface area contributed by atoms with E-state index >= 15 is 0 Å². The SMILES string of the molecule is C=C.[Gd].[Na]. The van der Waals surface area contributed by atoms with Gasteiger partial charge in [0.15, 0.2) is 0 Å². The van der Waals surface area contributed by atoms with Gasteiger partial charge in [0, 0.05) is 69.5 Å². The van der Waals surface area contributed by atoms with Crippen molar-refractivity contribution in [2.75, 3.05) is 0 Å². The minimum atomic E-state index is 0. The summed E-state index contributed by atoms with van der Waals surface area (Å²) in [7, 11) is 0. The van der Waals surface area contributed by atoms with Crippen LogP contribution in [0.2, 0.25) is 0 Å². The van der Waals surface area contributed by atoms with Crippen LogP contribution in [0, 0.1) is 39.9 Å². The van der Waals surface area contributed by atoms with Crippen molar-refractivity contribution in [1.29, 1.82) is 0 Å². The van der Waals surface area contributed by atoms with E-state index in [1.807, 2.05) is 0 Å². The Morgan fingerprint density at radius 2 is 1.00 bits per heavy atom. The van der Waals surface area contributed by atoms with Crippen molar-refractivity contribution >= 4 is 29.6 Å². The molecular weight excluding hydrogens is 204 g/mol. The Balaban J connectivity index is -0.00000000500. The van der Waals surface area contributed by atoms with Crippen molar-refractivity contribution in [1.82, 2.24) is 0 Å². The zero-order chi connectivity index (χ0) is 2.00. The molecule has 0 N–H and O–H groups in total. The fraction of sp³-hybridized carbons (Fsp3) is 0. The van der Waals surface area contributed by atoms with E-state index in [1.54, 1.807) is 0 Å². The van der Waals surface area contributed by atoms with Crippen LogP contribution in [-0.2, 0) is 0 Å². The van der Waals surface area contributed by atoms with Crippen LogP contribution in [0.1, 0.15) is 0 Å². The summed E-state index contributed by atoms with van der Waals surface area (Å²) in [6, 6.07) is 0. The molecule has 0 fully saturated rings. The van der Waals surface area contributed by atoms with Crippen molar-refractivity contribution < 1.29 is 39.9 Å². The Labute approximate surface area is 81.0 Å². The molecule has 2 heteroatoms. The molecule has 0 atom stereocenters. The molecular formula is C2H4GdNa. The third-order valence-corrected chi connectivity index (χ3v) is 0. The second-order valence-electron chi connectivity index (χ2n) is 0. The van der Waals surface area contributed by atoms with Crippen LogP contribution in [0.15, 0.2) is 13.2 Å². The molecule has 0 aromatic carbocycles. The second kappa shape index (κ2) is 19.6. The van der Waals surface area contributed by atoms with Crippen LogP contribution in [-0.4, -0.2) is 29.6 Å². The van der Waals surface area contributed by atoms with Crippen molar-refractivity contribution in [2.45, 2.75) is 0 Å². The molecule has 0 bridgehead atoms. The molecule has 0 aliphatic rings. The van der Waals surface area contributed by atoms with Gasteiger partial charge in [-0.25, -0.2) is 0 Å². The van der Waals surface area contributed by atoms with Crippen LogP contribution in [0.4, 0.5) is 0 Å². The molecule has 0 amide bonds. The second-order valence-corrected chi connectivity index (χ2v) is 0. The van der Waals surface area contributed by atoms with Crippen molar-refractivity contribution in [3.05, 3.63) is 13.2 Å². The van der Waals surface area contributed by atoms with Gasteiger partial charge in [-0.15, -0.1) is 13.2 Å². The number of hydrogen-bond donors (Lipinski definition) is 0. The Hall–Kier alpha value is 2.06. The monoisotopic (exact) mass is 209 g/mol. The Morgan fingerprint density at radius 3 is 1.00 bits per heavy atom. The maximum absolute atomic E-state index is 3.00. The van der Waals surface area contributed by atoms with Gasteiger partial charge in [0.05, 0.1) is 0 Å². The average molecular weight is 208 g/mol. The van der Waals surface area contributed by atoms with Gasteiger partial charge in [0.1, 0.15) is 0 Å². The van der Waals surface area contributed by atoms with E-state index in [1.165, 1.54) is 0 Å². The molecule has 0 aliphatic carbocycles. The molecule has 0 nitrogen and oxygen atoms in total. The van der Waals surface area contributed by atoms with Crippen LogP contribution < -0.4 is 0 Å². The number of hydrogen-bond acceptors (Lipinski definition) is 0. The van der Waals surface area contributed by atoms with E-state index in [-0.39, 0.29) is 69.5 Å². The third-order valence-electron chi connectivity index (χ3n) is 0. The molecule has 0 saturated carbocycles. The quantitative estimate of drug-likeness (QED) is 0.400. The van der Waals surface area contributed by atoms with E-state index in [9.17, 15) is 0 Å². The van der Waals surface area contributed by atoms with E-state index in [2.05, 4.69) is 13.2 Å². The first-order chi connectivity index (χ1) is 1.00. The molecule has 21 valence electrons. The van der Waals surface area contributed by atoms with Gasteiger partial charge in [-0.3, -0.25) is 0 Å². The van der Waals surface area contributed by atoms with Gasteiger partial charge in [-0.1, -0.05) is 0 Å². The van der Waals surface area contributed by atoms with Crippen LogP contribution >= 0.6 is 0 Å². The Kier molecular flexibility index (Phi) is 81.3. The van der Waals surface area contributed by atoms with Crippen molar-refractivity contribution in [3.8, 4) is 0 Å². The topological polar surface area (TPSA) is 0 Å². The molecule has 1 radical (unpaired) electrons. The summed E-state index contributed by atoms with van der Waals surface area (Å²) in [6.45, 7) is 6.00. The molecule has 0 spiro atoms. The molecule has 0 heterocycles. The maximum atomic E-state index is 3.00. The van der Waals surface area contributed by atoms with E-state index in [0.29, 0.717) is 0 Å². The molecule has 0 unspecified atom stereocenters. The van der Waals surface area contributed by atoms with Crippen molar-refractivity contribution in [2.24, 2.45) is 0 Å². The maximum Gasteiger partial charge on any atom is 0 e. The normalized spacial score (nSPS) is 1.00. The van der Waals surface area contributed by atoms with Crippen molar-refractivity contribution in [3.63, 3.8) is 0 Å². The fourth-order valence-electron chi connectivity index (χ4n) is 0. The minimum absolute atomic E-state index is 0. The zero-order valence-corrected chi connectivity index (χ0v) is 7.04. The first kappa shape index (κ1) is 16.6. The molecule has 0 aromatic heterocycles. The average Bonchev–Trinajstić information content (AvgIpc) is 1.00. The van der Waals surface area contributed by atoms with Gasteiger partial charge in [0.25, 0.3) is 0 Å². The summed E-state index contributed by atoms with van der Waals surface area (Å²) in [5.41, 5.74) is 0. The first-order valence-corrected chi connectivity index (χ1v) is 0.500. The van der Waals surface area contributed by atoms with Gasteiger partial charge in [-0.05, 0) is 0 Å². The van der Waals surface area contributed by atoms with E-state index in [0.717, 1.165) is 0 Å². The molecule has 0 rings (SSSR count). The summed E-state index contributed by atoms with van der Waals surface area (Å²) < 4.78 is 0. The van der Waals surface area contributed by atoms with Gasteiger partial charge < -0.3 is 0 Å². The number of rotatable bonds is 0. The first-order valence-electron chi connectivity index (χ1n) is 0.500. The molecule has 4 heavy (non-hydrogen) atoms. The fourth-order valence-corrected chi connectivity index (χ4v) is 0. The smallest absolute Gasteiger partial charge is 0 e. The minimum Gasteiger partial charge on any atom is -0.106 e. The zero-order valence-electron chi connectivity index (χ0n) is 2.77. The summed E-state index contributed by atoms with van der Waals surface area (Å²) in [5.74, 6) is 0. The van der Waals surface area contributed by atoms with Gasteiger partial charge in [0.2, 0.25) is 0 Å². The largest absolute Gasteiger partial charge is 0.106 e. The summed E-state index contributed by atoms with van der Waals surface area (Å²) in [4.78, 5) is 0. The Morgan fingerprint density at radius 1 is 1.00 bits per heavy atom. The van der Waals surface area contributed by atoms with Crippen LogP contribution in [0.25, 0.3) is 0 Å². The summed E-state index contributed by atoms with van der Waals surface area (Å²) in [6.07, 6.45) is 0. The summed E-state index contributed by atoms with van der Waals surface area (Å²) >= 11 is 0. The standard InChI is InChI=1S/C2H4.Gd.Na/c1-2;;/h1-2H2;;. The molecule has 0 aromatic rings. The summed E-state index contributed by atoms with van der Waals surface area (Å²) in [5, 5.41) is 0. The molecule has 0 saturated heterocycles. The molecule has 0 aliphatic heterocycles. The predicted octanol–water partition coefficient (Wildman–Crippen LogP) is 0.421. The predicted molar refractivity (Wildman–Crippen MR) is 17.0 cm³/mol. The third kappa shape index (κ3) is 8.96. The van der Waals surface area contributed by atoms with Crippen LogP contribution in [0.5, 0.6) is 0 Å². The van der Waals surface area contributed by atoms with E-state index < -0.39 is 0 Å². The Bertz CT molecular complexity index is 6.00. The van der Waals surface area contributed by atoms with Gasteiger partial charge >= 0.3 is 0 Å². The van der Waals surface area contributed by atoms with E-state index in [4.69, 9.17) is 0 Å². The van der Waals surface area contributed by atoms with Crippen LogP contribution in [0.3, 0.4) is 0 Å².